The zero-order valence-corrected chi connectivity index (χ0v) is 14.0. The monoisotopic (exact) mass is 317 g/mol. The van der Waals surface area contributed by atoms with E-state index in [1.807, 2.05) is 30.3 Å². The number of aliphatic hydroxyl groups excluding tert-OH is 1. The molecule has 0 saturated heterocycles. The van der Waals surface area contributed by atoms with Gasteiger partial charge in [0, 0.05) is 0 Å². The molecule has 0 aromatic heterocycles. The summed E-state index contributed by atoms with van der Waals surface area (Å²) in [4.78, 5) is 27.4. The normalized spacial score (nSPS) is 18.2. The molecule has 0 saturated carbocycles. The van der Waals surface area contributed by atoms with Gasteiger partial charge in [-0.2, -0.15) is 0 Å². The van der Waals surface area contributed by atoms with Crippen molar-refractivity contribution in [3.63, 3.8) is 0 Å². The first-order valence-corrected chi connectivity index (χ1v) is 8.14. The number of likely N-dealkylation sites (N-methyl/N-ethyl adjacent to an activating group) is 1. The molecule has 5 nitrogen and oxygen atoms in total. The van der Waals surface area contributed by atoms with Crippen LogP contribution in [0.15, 0.2) is 41.7 Å². The minimum absolute atomic E-state index is 0.204. The van der Waals surface area contributed by atoms with Crippen molar-refractivity contribution in [2.75, 3.05) is 26.2 Å². The zero-order valence-electron chi connectivity index (χ0n) is 14.0. The van der Waals surface area contributed by atoms with E-state index in [2.05, 4.69) is 13.8 Å². The van der Waals surface area contributed by atoms with Crippen LogP contribution in [0.25, 0.3) is 0 Å². The molecule has 1 aliphatic rings. The molecule has 1 heterocycles. The Balaban J connectivity index is 2.33. The van der Waals surface area contributed by atoms with Gasteiger partial charge in [-0.05, 0) is 26.3 Å². The number of hydrogen-bond donors (Lipinski definition) is 2. The average molecular weight is 317 g/mol. The number of nitrogens with one attached hydrogen (secondary N) is 1. The van der Waals surface area contributed by atoms with Crippen LogP contribution in [0, 0.1) is 0 Å². The Morgan fingerprint density at radius 2 is 1.83 bits per heavy atom. The molecule has 0 aliphatic carbocycles. The van der Waals surface area contributed by atoms with E-state index in [4.69, 9.17) is 0 Å². The summed E-state index contributed by atoms with van der Waals surface area (Å²) in [6.45, 7) is 8.87. The van der Waals surface area contributed by atoms with Crippen molar-refractivity contribution in [2.45, 2.75) is 26.8 Å². The van der Waals surface area contributed by atoms with Crippen molar-refractivity contribution in [2.24, 2.45) is 0 Å². The highest BCUT2D eigenvalue weighted by molar-refractivity contribution is 6.08. The van der Waals surface area contributed by atoms with Crippen LogP contribution in [-0.2, 0) is 9.59 Å². The van der Waals surface area contributed by atoms with Crippen LogP contribution < -0.4 is 4.90 Å². The molecular formula is C18H25N2O3+. The van der Waals surface area contributed by atoms with E-state index in [-0.39, 0.29) is 11.4 Å². The van der Waals surface area contributed by atoms with Crippen LogP contribution in [0.1, 0.15) is 32.4 Å². The van der Waals surface area contributed by atoms with Crippen LogP contribution in [0.2, 0.25) is 0 Å². The summed E-state index contributed by atoms with van der Waals surface area (Å²) in [6, 6.07) is 8.92. The lowest BCUT2D eigenvalue weighted by molar-refractivity contribution is -0.895. The zero-order chi connectivity index (χ0) is 17.0. The first-order chi connectivity index (χ1) is 11.0. The summed E-state index contributed by atoms with van der Waals surface area (Å²) in [5.41, 5.74) is 1.06. The van der Waals surface area contributed by atoms with Crippen LogP contribution in [0.4, 0.5) is 0 Å². The fourth-order valence-electron chi connectivity index (χ4n) is 3.11. The fraction of sp³-hybridized carbons (Fsp3) is 0.444. The first-order valence-electron chi connectivity index (χ1n) is 8.14. The van der Waals surface area contributed by atoms with Gasteiger partial charge in [-0.1, -0.05) is 30.3 Å². The highest BCUT2D eigenvalue weighted by atomic mass is 16.3. The lowest BCUT2D eigenvalue weighted by Gasteiger charge is -2.28. The second-order valence-electron chi connectivity index (χ2n) is 5.84. The molecule has 0 unspecified atom stereocenters. The summed E-state index contributed by atoms with van der Waals surface area (Å²) >= 11 is 0. The van der Waals surface area contributed by atoms with Gasteiger partial charge in [-0.15, -0.1) is 0 Å². The van der Waals surface area contributed by atoms with E-state index in [0.29, 0.717) is 6.54 Å². The van der Waals surface area contributed by atoms with Crippen molar-refractivity contribution in [1.29, 1.82) is 0 Å². The predicted octanol–water partition coefficient (Wildman–Crippen LogP) is 0.896. The number of carbonyl (C=O) groups is 2. The van der Waals surface area contributed by atoms with Gasteiger partial charge in [0.2, 0.25) is 0 Å². The Morgan fingerprint density at radius 3 is 2.35 bits per heavy atom. The summed E-state index contributed by atoms with van der Waals surface area (Å²) in [5, 5.41) is 10.2. The number of carbonyl (C=O) groups excluding carboxylic acids is 2. The molecule has 1 atom stereocenters. The Morgan fingerprint density at radius 1 is 1.22 bits per heavy atom. The molecule has 1 aromatic carbocycles. The van der Waals surface area contributed by atoms with Gasteiger partial charge in [0.25, 0.3) is 5.91 Å². The van der Waals surface area contributed by atoms with Crippen LogP contribution in [-0.4, -0.2) is 47.9 Å². The summed E-state index contributed by atoms with van der Waals surface area (Å²) in [5.74, 6) is -1.11. The van der Waals surface area contributed by atoms with Crippen molar-refractivity contribution in [3.8, 4) is 0 Å². The van der Waals surface area contributed by atoms with Crippen molar-refractivity contribution in [3.05, 3.63) is 47.2 Å². The van der Waals surface area contributed by atoms with Gasteiger partial charge in [0.05, 0.1) is 37.8 Å². The molecule has 2 rings (SSSR count). The standard InChI is InChI=1S/C18H24N2O3/c1-4-19(5-2)11-12-20-16(14-9-7-6-8-10-14)15(13(3)21)17(22)18(20)23/h6-10,16,22H,4-5,11-12H2,1-3H3/p+1/t16-/m1/s1. The summed E-state index contributed by atoms with van der Waals surface area (Å²) in [6.07, 6.45) is 0. The second kappa shape index (κ2) is 7.42. The van der Waals surface area contributed by atoms with Crippen LogP contribution >= 0.6 is 0 Å². The number of nitrogens with zero attached hydrogens (tertiary/aromatic N) is 1. The molecule has 0 radical (unpaired) electrons. The minimum atomic E-state index is -0.490. The maximum Gasteiger partial charge on any atom is 0.290 e. The molecule has 0 fully saturated rings. The number of rotatable bonds is 7. The van der Waals surface area contributed by atoms with Gasteiger partial charge in [0.1, 0.15) is 0 Å². The number of amides is 1. The number of Topliss-reactive ketones (excluding diaryl/α,β-unsaturated/α-hetero) is 1. The topological polar surface area (TPSA) is 62.1 Å². The Kier molecular flexibility index (Phi) is 5.55. The summed E-state index contributed by atoms with van der Waals surface area (Å²) < 4.78 is 0. The largest absolute Gasteiger partial charge is 0.503 e. The van der Waals surface area contributed by atoms with Crippen LogP contribution in [0.3, 0.4) is 0 Å². The van der Waals surface area contributed by atoms with E-state index in [1.165, 1.54) is 11.8 Å². The highest BCUT2D eigenvalue weighted by Gasteiger charge is 2.42. The van der Waals surface area contributed by atoms with Gasteiger partial charge in [-0.25, -0.2) is 0 Å². The lowest BCUT2D eigenvalue weighted by atomic mass is 9.97. The Hall–Kier alpha value is -2.14. The summed E-state index contributed by atoms with van der Waals surface area (Å²) in [7, 11) is 0. The molecule has 1 amide bonds. The van der Waals surface area contributed by atoms with Gasteiger partial charge in [0.15, 0.2) is 11.5 Å². The third-order valence-electron chi connectivity index (χ3n) is 4.50. The molecule has 5 heteroatoms. The lowest BCUT2D eigenvalue weighted by Crippen LogP contribution is -3.12. The van der Waals surface area contributed by atoms with Gasteiger partial charge in [-0.3, -0.25) is 9.59 Å². The van der Waals surface area contributed by atoms with Crippen LogP contribution in [0.5, 0.6) is 0 Å². The van der Waals surface area contributed by atoms with E-state index >= 15 is 0 Å². The number of aliphatic hydroxyl groups is 1. The molecule has 1 aromatic rings. The first kappa shape index (κ1) is 17.2. The Bertz CT molecular complexity index is 606. The molecule has 124 valence electrons. The van der Waals surface area contributed by atoms with Crippen molar-refractivity contribution >= 4 is 11.7 Å². The Labute approximate surface area is 137 Å². The molecule has 0 bridgehead atoms. The molecule has 23 heavy (non-hydrogen) atoms. The maximum absolute atomic E-state index is 12.4. The van der Waals surface area contributed by atoms with Crippen molar-refractivity contribution < 1.29 is 19.6 Å². The third-order valence-corrected chi connectivity index (χ3v) is 4.50. The average Bonchev–Trinajstić information content (AvgIpc) is 2.81. The van der Waals surface area contributed by atoms with E-state index in [9.17, 15) is 14.7 Å². The maximum atomic E-state index is 12.4. The SMILES string of the molecule is CC[NH+](CC)CCN1C(=O)C(O)=C(C(C)=O)[C@H]1c1ccccc1. The van der Waals surface area contributed by atoms with Gasteiger partial charge < -0.3 is 14.9 Å². The highest BCUT2D eigenvalue weighted by Crippen LogP contribution is 2.36. The number of quaternary nitrogens is 1. The van der Waals surface area contributed by atoms with Crippen molar-refractivity contribution in [1.82, 2.24) is 4.90 Å². The molecular weight excluding hydrogens is 292 g/mol. The van der Waals surface area contributed by atoms with Gasteiger partial charge >= 0.3 is 0 Å². The smallest absolute Gasteiger partial charge is 0.290 e. The molecule has 2 N–H and O–H groups in total. The molecule has 0 spiro atoms. The van der Waals surface area contributed by atoms with E-state index < -0.39 is 17.7 Å². The van der Waals surface area contributed by atoms with E-state index in [1.54, 1.807) is 4.90 Å². The third kappa shape index (κ3) is 3.45. The number of ketones is 1. The number of hydrogen-bond acceptors (Lipinski definition) is 3. The predicted molar refractivity (Wildman–Crippen MR) is 88.1 cm³/mol. The number of benzene rings is 1. The second-order valence-corrected chi connectivity index (χ2v) is 5.84. The quantitative estimate of drug-likeness (QED) is 0.785. The minimum Gasteiger partial charge on any atom is -0.503 e. The van der Waals surface area contributed by atoms with E-state index in [0.717, 1.165) is 25.2 Å². The fourth-order valence-corrected chi connectivity index (χ4v) is 3.11. The molecule has 1 aliphatic heterocycles.